The normalized spacial score (nSPS) is 18.1. The third-order valence-corrected chi connectivity index (χ3v) is 5.27. The maximum Gasteiger partial charge on any atom is 0.253 e. The molecule has 8 nitrogen and oxygen atoms in total. The number of carbonyl (C=O) groups excluding carboxylic acids is 2. The summed E-state index contributed by atoms with van der Waals surface area (Å²) in [5.41, 5.74) is 2.60. The van der Waals surface area contributed by atoms with Crippen molar-refractivity contribution in [1.82, 2.24) is 10.3 Å². The molecule has 4 rings (SSSR count). The molecule has 2 aromatic rings. The van der Waals surface area contributed by atoms with Gasteiger partial charge in [0.05, 0.1) is 5.92 Å². The van der Waals surface area contributed by atoms with E-state index in [1.165, 1.54) is 0 Å². The topological polar surface area (TPSA) is 101 Å². The van der Waals surface area contributed by atoms with Crippen molar-refractivity contribution in [1.29, 1.82) is 0 Å². The van der Waals surface area contributed by atoms with E-state index in [2.05, 4.69) is 10.3 Å². The number of pyridine rings is 1. The van der Waals surface area contributed by atoms with Crippen LogP contribution in [0.5, 0.6) is 11.5 Å². The fraction of sp³-hybridized carbons (Fsp3) is 0.381. The van der Waals surface area contributed by atoms with Crippen LogP contribution in [-0.2, 0) is 16.1 Å². The lowest BCUT2D eigenvalue weighted by Crippen LogP contribution is -2.34. The first-order valence-electron chi connectivity index (χ1n) is 9.59. The predicted molar refractivity (Wildman–Crippen MR) is 106 cm³/mol. The molecule has 0 spiro atoms. The molecule has 1 fully saturated rings. The summed E-state index contributed by atoms with van der Waals surface area (Å²) in [6.07, 6.45) is 0.128. The Morgan fingerprint density at radius 1 is 1.17 bits per heavy atom. The van der Waals surface area contributed by atoms with Gasteiger partial charge in [-0.05, 0) is 37.6 Å². The Labute approximate surface area is 167 Å². The van der Waals surface area contributed by atoms with Gasteiger partial charge in [-0.2, -0.15) is 0 Å². The van der Waals surface area contributed by atoms with Crippen LogP contribution in [0.4, 0.5) is 5.69 Å². The van der Waals surface area contributed by atoms with Gasteiger partial charge in [0.2, 0.25) is 11.8 Å². The molecule has 0 saturated carbocycles. The van der Waals surface area contributed by atoms with Crippen LogP contribution in [0.1, 0.15) is 23.2 Å². The second kappa shape index (κ2) is 7.62. The van der Waals surface area contributed by atoms with Crippen molar-refractivity contribution in [3.8, 4) is 11.5 Å². The van der Waals surface area contributed by atoms with E-state index in [4.69, 9.17) is 9.47 Å². The number of H-pyrrole nitrogens is 1. The summed E-state index contributed by atoms with van der Waals surface area (Å²) in [7, 11) is 0. The van der Waals surface area contributed by atoms with Gasteiger partial charge >= 0.3 is 0 Å². The van der Waals surface area contributed by atoms with Gasteiger partial charge in [0, 0.05) is 42.5 Å². The van der Waals surface area contributed by atoms with Crippen LogP contribution in [0.25, 0.3) is 0 Å². The molecule has 1 atom stereocenters. The van der Waals surface area contributed by atoms with Gasteiger partial charge in [-0.1, -0.05) is 0 Å². The molecular formula is C21H23N3O5. The summed E-state index contributed by atoms with van der Waals surface area (Å²) in [6, 6.07) is 7.20. The smallest absolute Gasteiger partial charge is 0.253 e. The molecule has 0 radical (unpaired) electrons. The zero-order valence-electron chi connectivity index (χ0n) is 16.4. The number of fused-ring (bicyclic) bond motifs is 1. The number of aromatic nitrogens is 1. The fourth-order valence-corrected chi connectivity index (χ4v) is 3.75. The summed E-state index contributed by atoms with van der Waals surface area (Å²) in [6.45, 7) is 5.04. The number of carbonyl (C=O) groups is 2. The van der Waals surface area contributed by atoms with Gasteiger partial charge < -0.3 is 24.7 Å². The maximum atomic E-state index is 12.6. The highest BCUT2D eigenvalue weighted by molar-refractivity contribution is 6.00. The Hall–Kier alpha value is -3.29. The number of aryl methyl sites for hydroxylation is 2. The van der Waals surface area contributed by atoms with Gasteiger partial charge in [0.15, 0.2) is 11.5 Å². The Balaban J connectivity index is 1.43. The van der Waals surface area contributed by atoms with Crippen molar-refractivity contribution in [2.45, 2.75) is 26.8 Å². The minimum absolute atomic E-state index is 0.119. The average Bonchev–Trinajstić information content (AvgIpc) is 3.08. The Morgan fingerprint density at radius 3 is 2.69 bits per heavy atom. The van der Waals surface area contributed by atoms with Crippen molar-refractivity contribution in [2.24, 2.45) is 5.92 Å². The summed E-state index contributed by atoms with van der Waals surface area (Å²) in [5.74, 6) is 0.424. The number of benzene rings is 1. The first kappa shape index (κ1) is 19.0. The van der Waals surface area contributed by atoms with Crippen LogP contribution in [0.15, 0.2) is 29.1 Å². The quantitative estimate of drug-likeness (QED) is 0.813. The molecule has 8 heteroatoms. The van der Waals surface area contributed by atoms with Crippen LogP contribution in [0.2, 0.25) is 0 Å². The van der Waals surface area contributed by atoms with E-state index in [9.17, 15) is 14.4 Å². The lowest BCUT2D eigenvalue weighted by molar-refractivity contribution is -0.126. The molecule has 1 saturated heterocycles. The molecule has 29 heavy (non-hydrogen) atoms. The van der Waals surface area contributed by atoms with Gasteiger partial charge in [0.1, 0.15) is 13.2 Å². The highest BCUT2D eigenvalue weighted by Crippen LogP contribution is 2.35. The predicted octanol–water partition coefficient (Wildman–Crippen LogP) is 1.43. The molecule has 1 aromatic heterocycles. The fourth-order valence-electron chi connectivity index (χ4n) is 3.75. The number of nitrogens with zero attached hydrogens (tertiary/aromatic N) is 1. The van der Waals surface area contributed by atoms with Crippen molar-refractivity contribution in [2.75, 3.05) is 24.7 Å². The molecule has 2 N–H and O–H groups in total. The van der Waals surface area contributed by atoms with Gasteiger partial charge in [-0.15, -0.1) is 0 Å². The first-order valence-corrected chi connectivity index (χ1v) is 9.59. The third-order valence-electron chi connectivity index (χ3n) is 5.27. The van der Waals surface area contributed by atoms with E-state index in [1.54, 1.807) is 23.1 Å². The van der Waals surface area contributed by atoms with Crippen molar-refractivity contribution < 1.29 is 19.1 Å². The molecule has 0 aliphatic carbocycles. The van der Waals surface area contributed by atoms with Crippen LogP contribution in [-0.4, -0.2) is 36.6 Å². The highest BCUT2D eigenvalue weighted by Gasteiger charge is 2.35. The average molecular weight is 397 g/mol. The Bertz CT molecular complexity index is 1030. The number of amides is 2. The SMILES string of the molecule is Cc1cc(C)c(CNC(=O)C2CC(=O)N(c3ccc4c(c3)OCCO4)C2)c(=O)[nH]1. The Morgan fingerprint density at radius 2 is 1.93 bits per heavy atom. The number of hydrogen-bond acceptors (Lipinski definition) is 5. The number of rotatable bonds is 4. The van der Waals surface area contributed by atoms with Crippen LogP contribution < -0.4 is 25.2 Å². The molecule has 2 amide bonds. The lowest BCUT2D eigenvalue weighted by Gasteiger charge is -2.22. The van der Waals surface area contributed by atoms with E-state index in [0.717, 1.165) is 11.3 Å². The van der Waals surface area contributed by atoms with E-state index < -0.39 is 5.92 Å². The number of nitrogens with one attached hydrogen (secondary N) is 2. The summed E-state index contributed by atoms with van der Waals surface area (Å²) >= 11 is 0. The molecule has 2 aliphatic rings. The molecule has 0 bridgehead atoms. The van der Waals surface area contributed by atoms with Crippen molar-refractivity contribution >= 4 is 17.5 Å². The summed E-state index contributed by atoms with van der Waals surface area (Å²) < 4.78 is 11.1. The monoisotopic (exact) mass is 397 g/mol. The summed E-state index contributed by atoms with van der Waals surface area (Å²) in [4.78, 5) is 41.6. The zero-order valence-corrected chi connectivity index (χ0v) is 16.4. The zero-order chi connectivity index (χ0) is 20.5. The number of hydrogen-bond donors (Lipinski definition) is 2. The highest BCUT2D eigenvalue weighted by atomic mass is 16.6. The van der Waals surface area contributed by atoms with Crippen molar-refractivity contribution in [3.63, 3.8) is 0 Å². The molecule has 1 aromatic carbocycles. The first-order chi connectivity index (χ1) is 13.9. The minimum Gasteiger partial charge on any atom is -0.486 e. The molecule has 152 valence electrons. The number of anilines is 1. The van der Waals surface area contributed by atoms with Gasteiger partial charge in [-0.3, -0.25) is 14.4 Å². The van der Waals surface area contributed by atoms with E-state index in [0.29, 0.717) is 36.0 Å². The molecular weight excluding hydrogens is 374 g/mol. The number of aromatic amines is 1. The molecule has 2 aliphatic heterocycles. The Kier molecular flexibility index (Phi) is 5.00. The minimum atomic E-state index is -0.472. The van der Waals surface area contributed by atoms with Crippen molar-refractivity contribution in [3.05, 3.63) is 51.4 Å². The van der Waals surface area contributed by atoms with Gasteiger partial charge in [0.25, 0.3) is 5.56 Å². The second-order valence-corrected chi connectivity index (χ2v) is 7.39. The van der Waals surface area contributed by atoms with Gasteiger partial charge in [-0.25, -0.2) is 0 Å². The second-order valence-electron chi connectivity index (χ2n) is 7.39. The molecule has 1 unspecified atom stereocenters. The standard InChI is InChI=1S/C21H23N3O5/c1-12-7-13(2)23-21(27)16(12)10-22-20(26)14-8-19(25)24(11-14)15-3-4-17-18(9-15)29-6-5-28-17/h3-4,7,9,14H,5-6,8,10-11H2,1-2H3,(H,22,26)(H,23,27). The van der Waals surface area contributed by atoms with E-state index in [1.807, 2.05) is 19.9 Å². The van der Waals surface area contributed by atoms with E-state index in [-0.39, 0.29) is 36.9 Å². The van der Waals surface area contributed by atoms with Crippen LogP contribution >= 0.6 is 0 Å². The maximum absolute atomic E-state index is 12.6. The number of ether oxygens (including phenoxy) is 2. The van der Waals surface area contributed by atoms with Crippen LogP contribution in [0.3, 0.4) is 0 Å². The van der Waals surface area contributed by atoms with Crippen LogP contribution in [0, 0.1) is 19.8 Å². The third kappa shape index (κ3) is 3.83. The summed E-state index contributed by atoms with van der Waals surface area (Å²) in [5, 5.41) is 2.80. The van der Waals surface area contributed by atoms with E-state index >= 15 is 0 Å². The largest absolute Gasteiger partial charge is 0.486 e. The molecule has 3 heterocycles. The lowest BCUT2D eigenvalue weighted by atomic mass is 10.1.